The smallest absolute Gasteiger partial charge is 0.254 e. The minimum Gasteiger partial charge on any atom is -0.372 e. The maximum atomic E-state index is 12.7. The zero-order valence-corrected chi connectivity index (χ0v) is 16.3. The highest BCUT2D eigenvalue weighted by Crippen LogP contribution is 2.23. The SMILES string of the molecule is CC1CN(C(=O)c2ccc(CNC(=O)C3CCCC(N)C3)cc2)CC(C)O1. The van der Waals surface area contributed by atoms with Gasteiger partial charge in [-0.1, -0.05) is 18.6 Å². The third kappa shape index (κ3) is 5.30. The van der Waals surface area contributed by atoms with Crippen LogP contribution in [-0.4, -0.2) is 48.1 Å². The van der Waals surface area contributed by atoms with Crippen LogP contribution in [0, 0.1) is 5.92 Å². The Balaban J connectivity index is 1.52. The zero-order chi connectivity index (χ0) is 19.4. The van der Waals surface area contributed by atoms with Gasteiger partial charge in [0.15, 0.2) is 0 Å². The molecule has 3 rings (SSSR count). The van der Waals surface area contributed by atoms with Crippen molar-refractivity contribution in [2.45, 2.75) is 64.3 Å². The molecule has 0 radical (unpaired) electrons. The fourth-order valence-electron chi connectivity index (χ4n) is 4.09. The van der Waals surface area contributed by atoms with Gasteiger partial charge >= 0.3 is 0 Å². The summed E-state index contributed by atoms with van der Waals surface area (Å²) in [5.41, 5.74) is 7.63. The van der Waals surface area contributed by atoms with Crippen LogP contribution in [0.3, 0.4) is 0 Å². The molecule has 1 aliphatic heterocycles. The molecule has 4 unspecified atom stereocenters. The molecule has 148 valence electrons. The summed E-state index contributed by atoms with van der Waals surface area (Å²) in [7, 11) is 0. The highest BCUT2D eigenvalue weighted by Gasteiger charge is 2.27. The fraction of sp³-hybridized carbons (Fsp3) is 0.619. The van der Waals surface area contributed by atoms with Crippen molar-refractivity contribution >= 4 is 11.8 Å². The van der Waals surface area contributed by atoms with Crippen LogP contribution in [0.2, 0.25) is 0 Å². The molecule has 1 saturated heterocycles. The number of carbonyl (C=O) groups is 2. The number of benzene rings is 1. The van der Waals surface area contributed by atoms with E-state index in [0.717, 1.165) is 31.2 Å². The van der Waals surface area contributed by atoms with Gasteiger partial charge in [0.1, 0.15) is 0 Å². The topological polar surface area (TPSA) is 84.7 Å². The van der Waals surface area contributed by atoms with Crippen molar-refractivity contribution in [1.29, 1.82) is 0 Å². The molecule has 6 nitrogen and oxygen atoms in total. The molecule has 3 N–H and O–H groups in total. The Morgan fingerprint density at radius 2 is 1.81 bits per heavy atom. The monoisotopic (exact) mass is 373 g/mol. The van der Waals surface area contributed by atoms with Crippen molar-refractivity contribution in [3.63, 3.8) is 0 Å². The Kier molecular flexibility index (Phi) is 6.50. The molecule has 1 heterocycles. The molecule has 2 amide bonds. The zero-order valence-electron chi connectivity index (χ0n) is 16.3. The van der Waals surface area contributed by atoms with Crippen LogP contribution < -0.4 is 11.1 Å². The Hall–Kier alpha value is -1.92. The molecule has 1 aliphatic carbocycles. The molecule has 0 bridgehead atoms. The Morgan fingerprint density at radius 1 is 1.15 bits per heavy atom. The molecule has 1 aromatic carbocycles. The number of rotatable bonds is 4. The summed E-state index contributed by atoms with van der Waals surface area (Å²) >= 11 is 0. The Labute approximate surface area is 161 Å². The first-order valence-electron chi connectivity index (χ1n) is 9.99. The molecule has 1 aromatic rings. The van der Waals surface area contributed by atoms with Gasteiger partial charge < -0.3 is 20.7 Å². The van der Waals surface area contributed by atoms with Crippen LogP contribution in [0.4, 0.5) is 0 Å². The van der Waals surface area contributed by atoms with E-state index in [0.29, 0.717) is 25.2 Å². The van der Waals surface area contributed by atoms with Gasteiger partial charge in [-0.25, -0.2) is 0 Å². The maximum absolute atomic E-state index is 12.7. The van der Waals surface area contributed by atoms with E-state index in [4.69, 9.17) is 10.5 Å². The number of carbonyl (C=O) groups excluding carboxylic acids is 2. The Morgan fingerprint density at radius 3 is 2.44 bits per heavy atom. The van der Waals surface area contributed by atoms with Crippen molar-refractivity contribution in [2.75, 3.05) is 13.1 Å². The van der Waals surface area contributed by atoms with Crippen molar-refractivity contribution in [3.8, 4) is 0 Å². The van der Waals surface area contributed by atoms with E-state index in [2.05, 4.69) is 5.32 Å². The van der Waals surface area contributed by atoms with Gasteiger partial charge in [0.05, 0.1) is 12.2 Å². The first-order valence-corrected chi connectivity index (χ1v) is 9.99. The van der Waals surface area contributed by atoms with Crippen LogP contribution in [0.15, 0.2) is 24.3 Å². The number of nitrogens with two attached hydrogens (primary N) is 1. The van der Waals surface area contributed by atoms with Crippen LogP contribution in [0.5, 0.6) is 0 Å². The lowest BCUT2D eigenvalue weighted by Crippen LogP contribution is -2.48. The molecular weight excluding hydrogens is 342 g/mol. The second-order valence-electron chi connectivity index (χ2n) is 8.01. The van der Waals surface area contributed by atoms with Gasteiger partial charge in [0.25, 0.3) is 5.91 Å². The molecule has 6 heteroatoms. The third-order valence-electron chi connectivity index (χ3n) is 5.46. The van der Waals surface area contributed by atoms with Gasteiger partial charge in [0.2, 0.25) is 5.91 Å². The standard InChI is InChI=1S/C21H31N3O3/c1-14-12-24(13-15(2)27-14)21(26)17-8-6-16(7-9-17)11-23-20(25)18-4-3-5-19(22)10-18/h6-9,14-15,18-19H,3-5,10-13,22H2,1-2H3,(H,23,25). The summed E-state index contributed by atoms with van der Waals surface area (Å²) in [6, 6.07) is 7.64. The van der Waals surface area contributed by atoms with Crippen molar-refractivity contribution in [1.82, 2.24) is 10.2 Å². The van der Waals surface area contributed by atoms with Crippen LogP contribution >= 0.6 is 0 Å². The van der Waals surface area contributed by atoms with Crippen LogP contribution in [0.1, 0.15) is 55.5 Å². The van der Waals surface area contributed by atoms with Crippen molar-refractivity contribution in [3.05, 3.63) is 35.4 Å². The third-order valence-corrected chi connectivity index (χ3v) is 5.46. The van der Waals surface area contributed by atoms with E-state index in [1.165, 1.54) is 0 Å². The summed E-state index contributed by atoms with van der Waals surface area (Å²) in [4.78, 5) is 26.9. The number of ether oxygens (including phenoxy) is 1. The molecule has 27 heavy (non-hydrogen) atoms. The van der Waals surface area contributed by atoms with E-state index >= 15 is 0 Å². The minimum absolute atomic E-state index is 0.0277. The average molecular weight is 373 g/mol. The molecule has 1 saturated carbocycles. The van der Waals surface area contributed by atoms with E-state index < -0.39 is 0 Å². The van der Waals surface area contributed by atoms with Gasteiger partial charge in [-0.15, -0.1) is 0 Å². The first-order chi connectivity index (χ1) is 12.9. The van der Waals surface area contributed by atoms with E-state index in [9.17, 15) is 9.59 Å². The summed E-state index contributed by atoms with van der Waals surface area (Å²) in [5, 5.41) is 3.01. The average Bonchev–Trinajstić information content (AvgIpc) is 2.65. The summed E-state index contributed by atoms with van der Waals surface area (Å²) in [6.07, 6.45) is 3.84. The summed E-state index contributed by atoms with van der Waals surface area (Å²) < 4.78 is 5.69. The first kappa shape index (κ1) is 19.8. The molecule has 0 spiro atoms. The van der Waals surface area contributed by atoms with Gasteiger partial charge in [0, 0.05) is 37.2 Å². The predicted octanol–water partition coefficient (Wildman–Crippen LogP) is 2.07. The highest BCUT2D eigenvalue weighted by molar-refractivity contribution is 5.94. The lowest BCUT2D eigenvalue weighted by Gasteiger charge is -2.35. The number of nitrogens with zero attached hydrogens (tertiary/aromatic N) is 1. The fourth-order valence-corrected chi connectivity index (χ4v) is 4.09. The van der Waals surface area contributed by atoms with Crippen molar-refractivity contribution < 1.29 is 14.3 Å². The van der Waals surface area contributed by atoms with E-state index in [1.54, 1.807) is 0 Å². The number of hydrogen-bond donors (Lipinski definition) is 2. The predicted molar refractivity (Wildman–Crippen MR) is 104 cm³/mol. The summed E-state index contributed by atoms with van der Waals surface area (Å²) in [6.45, 7) is 5.68. The molecule has 4 atom stereocenters. The lowest BCUT2D eigenvalue weighted by molar-refractivity contribution is -0.126. The quantitative estimate of drug-likeness (QED) is 0.846. The number of amides is 2. The second-order valence-corrected chi connectivity index (χ2v) is 8.01. The van der Waals surface area contributed by atoms with Crippen molar-refractivity contribution in [2.24, 2.45) is 11.7 Å². The van der Waals surface area contributed by atoms with E-state index in [-0.39, 0.29) is 36.0 Å². The highest BCUT2D eigenvalue weighted by atomic mass is 16.5. The Bertz CT molecular complexity index is 651. The second kappa shape index (κ2) is 8.85. The maximum Gasteiger partial charge on any atom is 0.254 e. The minimum atomic E-state index is 0.0277. The van der Waals surface area contributed by atoms with Crippen LogP contribution in [-0.2, 0) is 16.1 Å². The molecule has 2 fully saturated rings. The molecule has 2 aliphatic rings. The number of hydrogen-bond acceptors (Lipinski definition) is 4. The van der Waals surface area contributed by atoms with E-state index in [1.807, 2.05) is 43.0 Å². The molecule has 0 aromatic heterocycles. The number of nitrogens with one attached hydrogen (secondary N) is 1. The van der Waals surface area contributed by atoms with Crippen LogP contribution in [0.25, 0.3) is 0 Å². The summed E-state index contributed by atoms with van der Waals surface area (Å²) in [5.74, 6) is 0.144. The normalized spacial score (nSPS) is 28.6. The van der Waals surface area contributed by atoms with Gasteiger partial charge in [-0.2, -0.15) is 0 Å². The lowest BCUT2D eigenvalue weighted by atomic mass is 9.85. The largest absolute Gasteiger partial charge is 0.372 e. The van der Waals surface area contributed by atoms with Gasteiger partial charge in [-0.3, -0.25) is 9.59 Å². The number of morpholine rings is 1. The molecular formula is C21H31N3O3. The van der Waals surface area contributed by atoms with Gasteiger partial charge in [-0.05, 0) is 50.8 Å².